The summed E-state index contributed by atoms with van der Waals surface area (Å²) < 4.78 is 27.4. The molecule has 218 valence electrons. The predicted octanol–water partition coefficient (Wildman–Crippen LogP) is 5.29. The van der Waals surface area contributed by atoms with E-state index in [1.54, 1.807) is 0 Å². The number of pyridine rings is 1. The van der Waals surface area contributed by atoms with Gasteiger partial charge in [-0.1, -0.05) is 25.4 Å². The third kappa shape index (κ3) is 4.74. The van der Waals surface area contributed by atoms with Gasteiger partial charge in [-0.2, -0.15) is 9.97 Å². The number of amides is 1. The molecule has 0 spiro atoms. The number of aromatic nitrogens is 3. The van der Waals surface area contributed by atoms with Crippen LogP contribution in [0.2, 0.25) is 5.15 Å². The average molecular weight is 575 g/mol. The highest BCUT2D eigenvalue weighted by Gasteiger charge is 2.51. The predicted molar refractivity (Wildman–Crippen MR) is 151 cm³/mol. The lowest BCUT2D eigenvalue weighted by Gasteiger charge is -2.46. The van der Waals surface area contributed by atoms with E-state index in [1.807, 2.05) is 25.7 Å². The number of carbonyl (C=O) groups excluding carboxylic acids is 1. The summed E-state index contributed by atoms with van der Waals surface area (Å²) >= 11 is 6.09. The number of halogens is 2. The van der Waals surface area contributed by atoms with E-state index in [2.05, 4.69) is 40.5 Å². The van der Waals surface area contributed by atoms with Crippen LogP contribution in [0.3, 0.4) is 0 Å². The lowest BCUT2D eigenvalue weighted by atomic mass is 9.89. The van der Waals surface area contributed by atoms with E-state index in [9.17, 15) is 4.79 Å². The minimum absolute atomic E-state index is 0.0389. The van der Waals surface area contributed by atoms with E-state index >= 15 is 4.39 Å². The smallest absolute Gasteiger partial charge is 0.410 e. The Morgan fingerprint density at radius 2 is 1.82 bits per heavy atom. The third-order valence-corrected chi connectivity index (χ3v) is 9.40. The second-order valence-electron chi connectivity index (χ2n) is 13.6. The van der Waals surface area contributed by atoms with E-state index in [-0.39, 0.29) is 46.4 Å². The molecule has 6 rings (SSSR count). The van der Waals surface area contributed by atoms with E-state index in [0.29, 0.717) is 36.2 Å². The molecular weight excluding hydrogens is 535 g/mol. The summed E-state index contributed by atoms with van der Waals surface area (Å²) in [7, 11) is 0. The van der Waals surface area contributed by atoms with Crippen molar-refractivity contribution in [2.24, 2.45) is 11.8 Å². The second kappa shape index (κ2) is 9.82. The molecule has 40 heavy (non-hydrogen) atoms. The van der Waals surface area contributed by atoms with Gasteiger partial charge < -0.3 is 14.4 Å². The standard InChI is InChI=1S/C29H40ClFN6O3/c1-16-9-29(10-17(2)13-35(29)12-16)15-39-26-33-23-20(11-32-24(30)22(23)31)25(34-26)36-14-19-7-8-21(18(36)3)37(19)27(38)40-28(4,5)6/h11,16-19,21H,7-10,12-15H2,1-6H3/t16?,17?,18-,19+,21-,29?/m1/s1. The van der Waals surface area contributed by atoms with Gasteiger partial charge in [-0.3, -0.25) is 9.80 Å². The van der Waals surface area contributed by atoms with Gasteiger partial charge in [0.1, 0.15) is 23.5 Å². The Hall–Kier alpha value is -2.46. The summed E-state index contributed by atoms with van der Waals surface area (Å²) in [5.74, 6) is 1.08. The zero-order chi connectivity index (χ0) is 28.6. The Bertz CT molecular complexity index is 1310. The number of carbonyl (C=O) groups is 1. The summed E-state index contributed by atoms with van der Waals surface area (Å²) in [5, 5.41) is 0.250. The molecule has 2 aromatic rings. The number of hydrogen-bond donors (Lipinski definition) is 0. The summed E-state index contributed by atoms with van der Waals surface area (Å²) in [6.07, 6.45) is 5.10. The largest absolute Gasteiger partial charge is 0.461 e. The normalized spacial score (nSPS) is 32.1. The Balaban J connectivity index is 1.33. The van der Waals surface area contributed by atoms with Crippen LogP contribution in [0.4, 0.5) is 15.0 Å². The van der Waals surface area contributed by atoms with E-state index < -0.39 is 11.4 Å². The fourth-order valence-electron chi connectivity index (χ4n) is 7.72. The number of rotatable bonds is 4. The zero-order valence-corrected chi connectivity index (χ0v) is 25.0. The molecule has 0 N–H and O–H groups in total. The van der Waals surface area contributed by atoms with Crippen LogP contribution in [-0.2, 0) is 4.74 Å². The molecule has 9 nitrogen and oxygen atoms in total. The van der Waals surface area contributed by atoms with Crippen molar-refractivity contribution < 1.29 is 18.7 Å². The lowest BCUT2D eigenvalue weighted by molar-refractivity contribution is 0.00832. The third-order valence-electron chi connectivity index (χ3n) is 9.14. The summed E-state index contributed by atoms with van der Waals surface area (Å²) in [5.41, 5.74) is -0.516. The van der Waals surface area contributed by atoms with Crippen LogP contribution in [0.5, 0.6) is 6.01 Å². The van der Waals surface area contributed by atoms with Gasteiger partial charge in [0.05, 0.1) is 23.0 Å². The Kier molecular flexibility index (Phi) is 6.80. The SMILES string of the molecule is CC1CN2CC(C)CC2(COc2nc(N3C[C@@H]4CC[C@H]([C@H]3C)N4C(=O)OC(C)(C)C)c3cnc(Cl)c(F)c3n2)C1. The number of nitrogens with zero attached hydrogens (tertiary/aromatic N) is 6. The molecule has 4 fully saturated rings. The number of ether oxygens (including phenoxy) is 2. The van der Waals surface area contributed by atoms with Crippen LogP contribution < -0.4 is 9.64 Å². The van der Waals surface area contributed by atoms with Crippen molar-refractivity contribution in [3.8, 4) is 6.01 Å². The number of piperazine rings is 1. The average Bonchev–Trinajstić information content (AvgIpc) is 3.47. The fourth-order valence-corrected chi connectivity index (χ4v) is 7.86. The first-order valence-electron chi connectivity index (χ1n) is 14.5. The Morgan fingerprint density at radius 1 is 1.12 bits per heavy atom. The maximum Gasteiger partial charge on any atom is 0.410 e. The molecule has 2 aromatic heterocycles. The van der Waals surface area contributed by atoms with Crippen LogP contribution in [-0.4, -0.2) is 86.4 Å². The minimum atomic E-state index is -0.681. The molecule has 4 aliphatic rings. The van der Waals surface area contributed by atoms with Gasteiger partial charge in [0, 0.05) is 31.9 Å². The molecule has 0 aliphatic carbocycles. The molecule has 2 unspecified atom stereocenters. The number of fused-ring (bicyclic) bond motifs is 4. The second-order valence-corrected chi connectivity index (χ2v) is 13.9. The molecule has 4 aliphatic heterocycles. The summed E-state index contributed by atoms with van der Waals surface area (Å²) in [6, 6.07) is -0.0361. The minimum Gasteiger partial charge on any atom is -0.461 e. The number of hydrogen-bond acceptors (Lipinski definition) is 8. The zero-order valence-electron chi connectivity index (χ0n) is 24.3. The molecule has 0 aromatic carbocycles. The van der Waals surface area contributed by atoms with Gasteiger partial charge in [-0.15, -0.1) is 0 Å². The van der Waals surface area contributed by atoms with Crippen LogP contribution in [0, 0.1) is 17.7 Å². The maximum absolute atomic E-state index is 15.3. The first-order valence-corrected chi connectivity index (χ1v) is 14.9. The maximum atomic E-state index is 15.3. The van der Waals surface area contributed by atoms with E-state index in [4.69, 9.17) is 26.1 Å². The molecule has 11 heteroatoms. The monoisotopic (exact) mass is 574 g/mol. The first-order chi connectivity index (χ1) is 18.8. The number of anilines is 1. The van der Waals surface area contributed by atoms with Crippen LogP contribution >= 0.6 is 11.6 Å². The van der Waals surface area contributed by atoms with Gasteiger partial charge in [-0.05, 0) is 65.2 Å². The van der Waals surface area contributed by atoms with Crippen molar-refractivity contribution in [1.82, 2.24) is 24.8 Å². The molecule has 0 saturated carbocycles. The quantitative estimate of drug-likeness (QED) is 0.455. The molecule has 2 bridgehead atoms. The van der Waals surface area contributed by atoms with Gasteiger partial charge in [0.25, 0.3) is 0 Å². The Morgan fingerprint density at radius 3 is 2.50 bits per heavy atom. The Labute approximate surface area is 240 Å². The van der Waals surface area contributed by atoms with E-state index in [0.717, 1.165) is 38.8 Å². The van der Waals surface area contributed by atoms with Crippen molar-refractivity contribution in [1.29, 1.82) is 0 Å². The van der Waals surface area contributed by atoms with Gasteiger partial charge >= 0.3 is 12.1 Å². The van der Waals surface area contributed by atoms with Crippen LogP contribution in [0.1, 0.15) is 67.2 Å². The van der Waals surface area contributed by atoms with E-state index in [1.165, 1.54) is 6.20 Å². The highest BCUT2D eigenvalue weighted by atomic mass is 35.5. The fraction of sp³-hybridized carbons (Fsp3) is 0.724. The van der Waals surface area contributed by atoms with Crippen molar-refractivity contribution >= 4 is 34.4 Å². The highest BCUT2D eigenvalue weighted by Crippen LogP contribution is 2.44. The molecule has 1 amide bonds. The molecule has 4 saturated heterocycles. The lowest BCUT2D eigenvalue weighted by Crippen LogP contribution is -2.61. The summed E-state index contributed by atoms with van der Waals surface area (Å²) in [6.45, 7) is 15.4. The van der Waals surface area contributed by atoms with Crippen LogP contribution in [0.25, 0.3) is 10.9 Å². The van der Waals surface area contributed by atoms with Gasteiger partial charge in [-0.25, -0.2) is 14.2 Å². The topological polar surface area (TPSA) is 83.9 Å². The molecule has 6 heterocycles. The molecule has 0 radical (unpaired) electrons. The molecule has 5 atom stereocenters. The van der Waals surface area contributed by atoms with Gasteiger partial charge in [0.15, 0.2) is 11.0 Å². The highest BCUT2D eigenvalue weighted by molar-refractivity contribution is 6.30. The van der Waals surface area contributed by atoms with Crippen molar-refractivity contribution in [3.05, 3.63) is 17.2 Å². The first kappa shape index (κ1) is 27.7. The van der Waals surface area contributed by atoms with Crippen molar-refractivity contribution in [2.75, 3.05) is 31.1 Å². The van der Waals surface area contributed by atoms with Crippen LogP contribution in [0.15, 0.2) is 6.20 Å². The summed E-state index contributed by atoms with van der Waals surface area (Å²) in [4.78, 5) is 33.1. The van der Waals surface area contributed by atoms with Crippen molar-refractivity contribution in [2.45, 2.75) is 96.5 Å². The van der Waals surface area contributed by atoms with Crippen molar-refractivity contribution in [3.63, 3.8) is 0 Å². The van der Waals surface area contributed by atoms with Gasteiger partial charge in [0.2, 0.25) is 0 Å². The molecular formula is C29H40ClFN6O3.